The van der Waals surface area contributed by atoms with Gasteiger partial charge in [0.1, 0.15) is 0 Å². The minimum Gasteiger partial charge on any atom is -0.345 e. The van der Waals surface area contributed by atoms with Gasteiger partial charge in [-0.3, -0.25) is 19.2 Å². The van der Waals surface area contributed by atoms with E-state index >= 15 is 0 Å². The molecule has 0 spiro atoms. The van der Waals surface area contributed by atoms with E-state index in [4.69, 9.17) is 0 Å². The lowest BCUT2D eigenvalue weighted by molar-refractivity contribution is -0.114. The fourth-order valence-corrected chi connectivity index (χ4v) is 3.54. The summed E-state index contributed by atoms with van der Waals surface area (Å²) in [5.41, 5.74) is 1.86. The van der Waals surface area contributed by atoms with E-state index in [-0.39, 0.29) is 56.2 Å². The van der Waals surface area contributed by atoms with Crippen LogP contribution in [0.15, 0.2) is 96.6 Å². The van der Waals surface area contributed by atoms with Crippen LogP contribution in [0.3, 0.4) is 0 Å². The summed E-state index contributed by atoms with van der Waals surface area (Å²) in [7, 11) is 0. The smallest absolute Gasteiger partial charge is 0.252 e. The van der Waals surface area contributed by atoms with Crippen LogP contribution in [0.5, 0.6) is 0 Å². The lowest BCUT2D eigenvalue weighted by Gasteiger charge is -2.14. The Kier molecular flexibility index (Phi) is 12.0. The molecule has 0 heterocycles. The molecule has 0 aromatic heterocycles. The molecule has 6 heteroatoms. The molecular formula is C30H36N2O4. The van der Waals surface area contributed by atoms with Crippen molar-refractivity contribution in [3.63, 3.8) is 0 Å². The second kappa shape index (κ2) is 14.4. The Balaban J connectivity index is 0.000000349. The molecule has 2 atom stereocenters. The number of carbonyl (C=O) groups is 4. The molecule has 0 radical (unpaired) electrons. The Labute approximate surface area is 214 Å². The van der Waals surface area contributed by atoms with Crippen LogP contribution >= 0.6 is 0 Å². The summed E-state index contributed by atoms with van der Waals surface area (Å²) in [6.45, 7) is 4.02. The molecule has 0 aliphatic heterocycles. The molecule has 0 bridgehead atoms. The third-order valence-corrected chi connectivity index (χ3v) is 5.18. The monoisotopic (exact) mass is 488 g/mol. The van der Waals surface area contributed by atoms with Gasteiger partial charge in [0, 0.05) is 23.1 Å². The molecule has 2 N–H and O–H groups in total. The maximum absolute atomic E-state index is 12.1. The van der Waals surface area contributed by atoms with Crippen molar-refractivity contribution in [2.75, 3.05) is 0 Å². The fourth-order valence-electron chi connectivity index (χ4n) is 3.54. The van der Waals surface area contributed by atoms with Crippen LogP contribution in [0.4, 0.5) is 0 Å². The van der Waals surface area contributed by atoms with Crippen molar-refractivity contribution in [1.82, 2.24) is 10.6 Å². The van der Waals surface area contributed by atoms with Crippen LogP contribution in [0.2, 0.25) is 0 Å². The van der Waals surface area contributed by atoms with Crippen LogP contribution in [0, 0.1) is 5.92 Å². The third-order valence-electron chi connectivity index (χ3n) is 5.18. The number of rotatable bonds is 5. The van der Waals surface area contributed by atoms with Gasteiger partial charge in [0.15, 0.2) is 11.6 Å². The zero-order valence-electron chi connectivity index (χ0n) is 19.2. The average molecular weight is 489 g/mol. The molecule has 0 saturated heterocycles. The largest absolute Gasteiger partial charge is 0.345 e. The second-order valence-corrected chi connectivity index (χ2v) is 8.38. The number of hydrogen-bond acceptors (Lipinski definition) is 4. The van der Waals surface area contributed by atoms with E-state index in [1.165, 1.54) is 12.2 Å². The van der Waals surface area contributed by atoms with E-state index in [1.807, 2.05) is 56.3 Å². The lowest BCUT2D eigenvalue weighted by atomic mass is 10.0. The van der Waals surface area contributed by atoms with Crippen molar-refractivity contribution >= 4 is 23.4 Å². The highest BCUT2D eigenvalue weighted by molar-refractivity contribution is 6.09. The predicted octanol–water partition coefficient (Wildman–Crippen LogP) is 5.09. The number of nitrogens with one attached hydrogen (secondary N) is 2. The van der Waals surface area contributed by atoms with Gasteiger partial charge in [0.05, 0.1) is 12.1 Å². The number of amides is 2. The van der Waals surface area contributed by atoms with Crippen LogP contribution in [-0.2, 0) is 9.59 Å². The first kappa shape index (κ1) is 30.0. The molecule has 2 unspecified atom stereocenters. The third kappa shape index (κ3) is 8.62. The van der Waals surface area contributed by atoms with Crippen molar-refractivity contribution in [1.29, 1.82) is 0 Å². The van der Waals surface area contributed by atoms with Crippen LogP contribution in [-0.4, -0.2) is 35.5 Å². The Morgan fingerprint density at radius 2 is 1.33 bits per heavy atom. The van der Waals surface area contributed by atoms with E-state index in [2.05, 4.69) is 10.6 Å². The van der Waals surface area contributed by atoms with Gasteiger partial charge in [-0.25, -0.2) is 0 Å². The predicted molar refractivity (Wildman–Crippen MR) is 145 cm³/mol. The highest BCUT2D eigenvalue weighted by atomic mass is 16.2. The summed E-state index contributed by atoms with van der Waals surface area (Å²) >= 11 is 0. The molecule has 36 heavy (non-hydrogen) atoms. The summed E-state index contributed by atoms with van der Waals surface area (Å²) in [5, 5.41) is 5.65. The van der Waals surface area contributed by atoms with E-state index < -0.39 is 0 Å². The molecule has 0 fully saturated rings. The van der Waals surface area contributed by atoms with Gasteiger partial charge in [0.2, 0.25) is 0 Å². The summed E-state index contributed by atoms with van der Waals surface area (Å²) < 4.78 is 0. The van der Waals surface area contributed by atoms with Gasteiger partial charge in [-0.1, -0.05) is 83.3 Å². The first-order valence-electron chi connectivity index (χ1n) is 11.2. The first-order chi connectivity index (χ1) is 16.3. The van der Waals surface area contributed by atoms with Gasteiger partial charge in [0.25, 0.3) is 11.8 Å². The van der Waals surface area contributed by atoms with Gasteiger partial charge < -0.3 is 10.6 Å². The minimum absolute atomic E-state index is 0. The maximum atomic E-state index is 12.1. The summed E-state index contributed by atoms with van der Waals surface area (Å²) in [6, 6.07) is 17.5. The Bertz CT molecular complexity index is 1130. The van der Waals surface area contributed by atoms with Gasteiger partial charge in [-0.05, 0) is 42.3 Å². The molecular weight excluding hydrogens is 452 g/mol. The number of carbonyl (C=O) groups excluding carboxylic acids is 4. The first-order valence-corrected chi connectivity index (χ1v) is 11.2. The molecule has 190 valence electrons. The van der Waals surface area contributed by atoms with E-state index in [1.54, 1.807) is 36.4 Å². The summed E-state index contributed by atoms with van der Waals surface area (Å²) in [6.07, 6.45) is 8.76. The van der Waals surface area contributed by atoms with Crippen molar-refractivity contribution < 1.29 is 19.2 Å². The standard InChI is InChI=1S/C16H17NO2.C12H11NO2.2CH4/c1-11(2)10-13-14(8-9-15(13)18)17-16(19)12-6-4-3-5-7-12;14-11-7-6-10(8-11)13-12(15)9-4-2-1-3-5-9;;/h3-11,14H,1-2H3,(H,17,19);1-7,10H,8H2,(H,13,15);2*1H4/b13-10+;;;. The molecule has 2 amide bonds. The molecule has 0 saturated carbocycles. The van der Waals surface area contributed by atoms with E-state index in [0.717, 1.165) is 0 Å². The normalized spacial score (nSPS) is 18.7. The molecule has 6 nitrogen and oxygen atoms in total. The number of hydrogen-bond donors (Lipinski definition) is 2. The molecule has 2 aromatic carbocycles. The Morgan fingerprint density at radius 3 is 1.81 bits per heavy atom. The Morgan fingerprint density at radius 1 is 0.806 bits per heavy atom. The maximum Gasteiger partial charge on any atom is 0.252 e. The van der Waals surface area contributed by atoms with Gasteiger partial charge in [-0.15, -0.1) is 0 Å². The van der Waals surface area contributed by atoms with E-state index in [0.29, 0.717) is 23.1 Å². The quantitative estimate of drug-likeness (QED) is 0.573. The number of ketones is 2. The SMILES string of the molecule is C.C.CC(C)/C=C1/C(=O)C=CC1NC(=O)c1ccccc1.O=C1C=CC(NC(=O)c2ccccc2)C1. The topological polar surface area (TPSA) is 92.3 Å². The number of benzene rings is 2. The van der Waals surface area contributed by atoms with Crippen LogP contribution in [0.25, 0.3) is 0 Å². The van der Waals surface area contributed by atoms with Crippen molar-refractivity contribution in [2.45, 2.75) is 47.2 Å². The van der Waals surface area contributed by atoms with Crippen LogP contribution in [0.1, 0.15) is 55.8 Å². The van der Waals surface area contributed by atoms with Crippen molar-refractivity contribution in [3.8, 4) is 0 Å². The zero-order chi connectivity index (χ0) is 24.5. The second-order valence-electron chi connectivity index (χ2n) is 8.38. The zero-order valence-corrected chi connectivity index (χ0v) is 19.2. The average Bonchev–Trinajstić information content (AvgIpc) is 3.40. The summed E-state index contributed by atoms with van der Waals surface area (Å²) in [5.74, 6) is 0.00922. The fraction of sp³-hybridized carbons (Fsp3) is 0.267. The molecule has 2 aliphatic carbocycles. The molecule has 2 aliphatic rings. The minimum atomic E-state index is -0.317. The van der Waals surface area contributed by atoms with E-state index in [9.17, 15) is 19.2 Å². The molecule has 4 rings (SSSR count). The van der Waals surface area contributed by atoms with Crippen molar-refractivity contribution in [3.05, 3.63) is 108 Å². The summed E-state index contributed by atoms with van der Waals surface area (Å²) in [4.78, 5) is 46.4. The number of allylic oxidation sites excluding steroid dienone is 3. The van der Waals surface area contributed by atoms with Gasteiger partial charge in [-0.2, -0.15) is 0 Å². The van der Waals surface area contributed by atoms with Crippen molar-refractivity contribution in [2.24, 2.45) is 5.92 Å². The lowest BCUT2D eigenvalue weighted by Crippen LogP contribution is -2.34. The van der Waals surface area contributed by atoms with Gasteiger partial charge >= 0.3 is 0 Å². The highest BCUT2D eigenvalue weighted by Crippen LogP contribution is 2.17. The van der Waals surface area contributed by atoms with Crippen LogP contribution < -0.4 is 10.6 Å². The highest BCUT2D eigenvalue weighted by Gasteiger charge is 2.25. The Hall–Kier alpha value is -4.06. The molecule has 2 aromatic rings.